The molecule has 0 aliphatic carbocycles. The standard InChI is InChI=1S/C16H23ClN2O/c1-20-16-6-2-5-15(17)14(16)11-18-12-7-9-19-8-3-4-13(19)10-12/h2,5-6,12-13,18H,3-4,7-11H2,1H3. The molecule has 0 spiro atoms. The van der Waals surface area contributed by atoms with Crippen LogP contribution in [-0.2, 0) is 6.54 Å². The molecule has 3 rings (SSSR count). The highest BCUT2D eigenvalue weighted by molar-refractivity contribution is 6.31. The van der Waals surface area contributed by atoms with Gasteiger partial charge in [0.05, 0.1) is 7.11 Å². The molecule has 1 aromatic rings. The minimum Gasteiger partial charge on any atom is -0.496 e. The van der Waals surface area contributed by atoms with Gasteiger partial charge in [-0.2, -0.15) is 0 Å². The molecule has 0 amide bonds. The van der Waals surface area contributed by atoms with E-state index in [0.29, 0.717) is 6.04 Å². The minimum absolute atomic E-state index is 0.607. The maximum atomic E-state index is 6.29. The average Bonchev–Trinajstić information content (AvgIpc) is 2.93. The molecule has 2 saturated heterocycles. The zero-order valence-corrected chi connectivity index (χ0v) is 12.8. The third-order valence-electron chi connectivity index (χ3n) is 4.68. The number of halogens is 1. The SMILES string of the molecule is COc1cccc(Cl)c1CNC1CCN2CCCC2C1. The van der Waals surface area contributed by atoms with Crippen LogP contribution in [0.3, 0.4) is 0 Å². The first kappa shape index (κ1) is 14.2. The Kier molecular flexibility index (Phi) is 4.49. The number of rotatable bonds is 4. The third kappa shape index (κ3) is 2.95. The quantitative estimate of drug-likeness (QED) is 0.924. The fourth-order valence-electron chi connectivity index (χ4n) is 3.56. The molecule has 2 heterocycles. The fourth-order valence-corrected chi connectivity index (χ4v) is 3.79. The monoisotopic (exact) mass is 294 g/mol. The van der Waals surface area contributed by atoms with E-state index in [1.807, 2.05) is 18.2 Å². The Morgan fingerprint density at radius 2 is 2.25 bits per heavy atom. The van der Waals surface area contributed by atoms with Crippen molar-refractivity contribution in [3.63, 3.8) is 0 Å². The van der Waals surface area contributed by atoms with Crippen LogP contribution in [0.2, 0.25) is 5.02 Å². The number of nitrogens with one attached hydrogen (secondary N) is 1. The van der Waals surface area contributed by atoms with E-state index < -0.39 is 0 Å². The molecule has 2 fully saturated rings. The van der Waals surface area contributed by atoms with Crippen molar-refractivity contribution in [2.45, 2.75) is 44.3 Å². The molecule has 4 heteroatoms. The molecule has 0 bridgehead atoms. The smallest absolute Gasteiger partial charge is 0.124 e. The van der Waals surface area contributed by atoms with Gasteiger partial charge in [-0.1, -0.05) is 17.7 Å². The van der Waals surface area contributed by atoms with E-state index in [0.717, 1.165) is 28.9 Å². The Hall–Kier alpha value is -0.770. The molecule has 2 aliphatic rings. The summed E-state index contributed by atoms with van der Waals surface area (Å²) in [6.07, 6.45) is 5.25. The lowest BCUT2D eigenvalue weighted by Gasteiger charge is -2.35. The van der Waals surface area contributed by atoms with E-state index >= 15 is 0 Å². The first-order valence-corrected chi connectivity index (χ1v) is 7.94. The highest BCUT2D eigenvalue weighted by Crippen LogP contribution is 2.29. The highest BCUT2D eigenvalue weighted by atomic mass is 35.5. The second-order valence-electron chi connectivity index (χ2n) is 5.85. The summed E-state index contributed by atoms with van der Waals surface area (Å²) in [5, 5.41) is 4.46. The number of benzene rings is 1. The van der Waals surface area contributed by atoms with Crippen LogP contribution in [0, 0.1) is 0 Å². The Bertz CT molecular complexity index is 466. The number of piperidine rings is 1. The molecule has 3 nitrogen and oxygen atoms in total. The van der Waals surface area contributed by atoms with Crippen LogP contribution in [0.15, 0.2) is 18.2 Å². The van der Waals surface area contributed by atoms with E-state index in [9.17, 15) is 0 Å². The van der Waals surface area contributed by atoms with Crippen LogP contribution in [0.4, 0.5) is 0 Å². The molecular weight excluding hydrogens is 272 g/mol. The molecule has 2 aliphatic heterocycles. The van der Waals surface area contributed by atoms with Crippen LogP contribution < -0.4 is 10.1 Å². The first-order chi connectivity index (χ1) is 9.78. The summed E-state index contributed by atoms with van der Waals surface area (Å²) in [4.78, 5) is 2.65. The fraction of sp³-hybridized carbons (Fsp3) is 0.625. The highest BCUT2D eigenvalue weighted by Gasteiger charge is 2.31. The van der Waals surface area contributed by atoms with Gasteiger partial charge in [0.15, 0.2) is 0 Å². The summed E-state index contributed by atoms with van der Waals surface area (Å²) in [6, 6.07) is 7.25. The molecule has 0 radical (unpaired) electrons. The van der Waals surface area contributed by atoms with Gasteiger partial charge in [-0.25, -0.2) is 0 Å². The van der Waals surface area contributed by atoms with Crippen LogP contribution in [0.25, 0.3) is 0 Å². The number of hydrogen-bond acceptors (Lipinski definition) is 3. The molecule has 20 heavy (non-hydrogen) atoms. The first-order valence-electron chi connectivity index (χ1n) is 7.56. The van der Waals surface area contributed by atoms with Crippen molar-refractivity contribution in [2.75, 3.05) is 20.2 Å². The number of fused-ring (bicyclic) bond motifs is 1. The molecule has 0 aromatic heterocycles. The van der Waals surface area contributed by atoms with Crippen LogP contribution in [-0.4, -0.2) is 37.2 Å². The summed E-state index contributed by atoms with van der Waals surface area (Å²) < 4.78 is 5.40. The van der Waals surface area contributed by atoms with Gasteiger partial charge in [-0.3, -0.25) is 0 Å². The van der Waals surface area contributed by atoms with Crippen molar-refractivity contribution in [1.29, 1.82) is 0 Å². The van der Waals surface area contributed by atoms with Gasteiger partial charge in [0.25, 0.3) is 0 Å². The van der Waals surface area contributed by atoms with Crippen molar-refractivity contribution in [2.24, 2.45) is 0 Å². The second kappa shape index (κ2) is 6.33. The predicted octanol–water partition coefficient (Wildman–Crippen LogP) is 3.07. The average molecular weight is 295 g/mol. The van der Waals surface area contributed by atoms with E-state index in [1.54, 1.807) is 7.11 Å². The van der Waals surface area contributed by atoms with E-state index in [4.69, 9.17) is 16.3 Å². The molecule has 2 atom stereocenters. The van der Waals surface area contributed by atoms with E-state index in [1.165, 1.54) is 38.8 Å². The Balaban J connectivity index is 1.60. The Morgan fingerprint density at radius 1 is 1.35 bits per heavy atom. The zero-order chi connectivity index (χ0) is 13.9. The molecule has 1 N–H and O–H groups in total. The lowest BCUT2D eigenvalue weighted by atomic mass is 9.97. The molecule has 2 unspecified atom stereocenters. The van der Waals surface area contributed by atoms with Gasteiger partial charge in [0.2, 0.25) is 0 Å². The molecule has 110 valence electrons. The van der Waals surface area contributed by atoms with Crippen LogP contribution in [0.1, 0.15) is 31.2 Å². The minimum atomic E-state index is 0.607. The molecule has 1 aromatic carbocycles. The molecular formula is C16H23ClN2O. The predicted molar refractivity (Wildman–Crippen MR) is 82.5 cm³/mol. The number of methoxy groups -OCH3 is 1. The van der Waals surface area contributed by atoms with E-state index in [2.05, 4.69) is 10.2 Å². The van der Waals surface area contributed by atoms with Crippen molar-refractivity contribution in [1.82, 2.24) is 10.2 Å². The topological polar surface area (TPSA) is 24.5 Å². The summed E-state index contributed by atoms with van der Waals surface area (Å²) in [6.45, 7) is 3.33. The lowest BCUT2D eigenvalue weighted by Crippen LogP contribution is -2.45. The maximum Gasteiger partial charge on any atom is 0.124 e. The zero-order valence-electron chi connectivity index (χ0n) is 12.1. The number of ether oxygens (including phenoxy) is 1. The molecule has 0 saturated carbocycles. The van der Waals surface area contributed by atoms with Gasteiger partial charge in [0.1, 0.15) is 5.75 Å². The van der Waals surface area contributed by atoms with Crippen molar-refractivity contribution >= 4 is 11.6 Å². The van der Waals surface area contributed by atoms with Gasteiger partial charge >= 0.3 is 0 Å². The van der Waals surface area contributed by atoms with Crippen molar-refractivity contribution in [3.05, 3.63) is 28.8 Å². The summed E-state index contributed by atoms with van der Waals surface area (Å²) in [5.74, 6) is 0.878. The van der Waals surface area contributed by atoms with Gasteiger partial charge in [0, 0.05) is 29.2 Å². The van der Waals surface area contributed by atoms with Gasteiger partial charge in [-0.05, 0) is 50.9 Å². The number of nitrogens with zero attached hydrogens (tertiary/aromatic N) is 1. The Morgan fingerprint density at radius 3 is 3.10 bits per heavy atom. The van der Waals surface area contributed by atoms with Gasteiger partial charge < -0.3 is 15.0 Å². The second-order valence-corrected chi connectivity index (χ2v) is 6.26. The lowest BCUT2D eigenvalue weighted by molar-refractivity contribution is 0.166. The van der Waals surface area contributed by atoms with E-state index in [-0.39, 0.29) is 0 Å². The number of hydrogen-bond donors (Lipinski definition) is 1. The largest absolute Gasteiger partial charge is 0.496 e. The Labute approximate surface area is 126 Å². The van der Waals surface area contributed by atoms with Crippen molar-refractivity contribution in [3.8, 4) is 5.75 Å². The van der Waals surface area contributed by atoms with Crippen LogP contribution in [0.5, 0.6) is 5.75 Å². The van der Waals surface area contributed by atoms with Crippen LogP contribution >= 0.6 is 11.6 Å². The summed E-state index contributed by atoms with van der Waals surface area (Å²) >= 11 is 6.29. The van der Waals surface area contributed by atoms with Gasteiger partial charge in [-0.15, -0.1) is 0 Å². The van der Waals surface area contributed by atoms with Crippen molar-refractivity contribution < 1.29 is 4.74 Å². The maximum absolute atomic E-state index is 6.29. The third-order valence-corrected chi connectivity index (χ3v) is 5.04. The summed E-state index contributed by atoms with van der Waals surface area (Å²) in [7, 11) is 1.70. The summed E-state index contributed by atoms with van der Waals surface area (Å²) in [5.41, 5.74) is 1.07. The normalized spacial score (nSPS) is 26.5.